The van der Waals surface area contributed by atoms with Gasteiger partial charge in [-0.05, 0) is 24.1 Å². The summed E-state index contributed by atoms with van der Waals surface area (Å²) in [5.41, 5.74) is 0.830. The van der Waals surface area contributed by atoms with Gasteiger partial charge in [-0.3, -0.25) is 9.59 Å². The van der Waals surface area contributed by atoms with Gasteiger partial charge in [-0.25, -0.2) is 4.79 Å². The van der Waals surface area contributed by atoms with Crippen LogP contribution in [0.25, 0.3) is 0 Å². The highest BCUT2D eigenvalue weighted by atomic mass is 79.9. The molecule has 1 rings (SSSR count). The minimum Gasteiger partial charge on any atom is -0.481 e. The van der Waals surface area contributed by atoms with E-state index in [1.54, 1.807) is 13.8 Å². The first-order valence-electron chi connectivity index (χ1n) is 7.78. The predicted molar refractivity (Wildman–Crippen MR) is 93.8 cm³/mol. The van der Waals surface area contributed by atoms with Gasteiger partial charge in [-0.15, -0.1) is 0 Å². The number of esters is 1. The van der Waals surface area contributed by atoms with Gasteiger partial charge in [0.15, 0.2) is 0 Å². The van der Waals surface area contributed by atoms with E-state index in [1.807, 2.05) is 24.3 Å². The van der Waals surface area contributed by atoms with Gasteiger partial charge in [0, 0.05) is 23.9 Å². The third-order valence-electron chi connectivity index (χ3n) is 3.26. The number of amides is 1. The van der Waals surface area contributed by atoms with Gasteiger partial charge in [0.05, 0.1) is 5.92 Å². The molecule has 0 aliphatic carbocycles. The van der Waals surface area contributed by atoms with Gasteiger partial charge in [-0.1, -0.05) is 41.9 Å². The van der Waals surface area contributed by atoms with Gasteiger partial charge in [-0.2, -0.15) is 0 Å². The Morgan fingerprint density at radius 3 is 2.44 bits per heavy atom. The van der Waals surface area contributed by atoms with Crippen molar-refractivity contribution in [1.82, 2.24) is 5.32 Å². The molecule has 0 heterocycles. The van der Waals surface area contributed by atoms with E-state index in [0.29, 0.717) is 0 Å². The molecule has 2 atom stereocenters. The lowest BCUT2D eigenvalue weighted by Crippen LogP contribution is -2.38. The van der Waals surface area contributed by atoms with Crippen molar-refractivity contribution in [1.29, 1.82) is 0 Å². The summed E-state index contributed by atoms with van der Waals surface area (Å²) in [6.07, 6.45) is -1.60. The molecule has 0 aliphatic rings. The van der Waals surface area contributed by atoms with Gasteiger partial charge < -0.3 is 19.9 Å². The van der Waals surface area contributed by atoms with Crippen LogP contribution in [0.2, 0.25) is 0 Å². The first kappa shape index (κ1) is 21.0. The van der Waals surface area contributed by atoms with Crippen LogP contribution in [0.15, 0.2) is 28.7 Å². The number of hydrogen-bond donors (Lipinski definition) is 2. The zero-order valence-electron chi connectivity index (χ0n) is 14.3. The second-order valence-corrected chi connectivity index (χ2v) is 6.79. The summed E-state index contributed by atoms with van der Waals surface area (Å²) in [4.78, 5) is 34.3. The van der Waals surface area contributed by atoms with Crippen LogP contribution in [0.3, 0.4) is 0 Å². The Hall–Kier alpha value is -2.09. The van der Waals surface area contributed by atoms with Gasteiger partial charge >= 0.3 is 18.0 Å². The summed E-state index contributed by atoms with van der Waals surface area (Å²) in [7, 11) is 0. The van der Waals surface area contributed by atoms with Crippen molar-refractivity contribution in [3.63, 3.8) is 0 Å². The van der Waals surface area contributed by atoms with Crippen LogP contribution in [0.1, 0.15) is 26.3 Å². The predicted octanol–water partition coefficient (Wildman–Crippen LogP) is 2.96. The smallest absolute Gasteiger partial charge is 0.410 e. The maximum absolute atomic E-state index is 11.8. The molecule has 0 bridgehead atoms. The van der Waals surface area contributed by atoms with Gasteiger partial charge in [0.1, 0.15) is 0 Å². The van der Waals surface area contributed by atoms with E-state index < -0.39 is 30.2 Å². The number of carboxylic acids is 1. The summed E-state index contributed by atoms with van der Waals surface area (Å²) in [5.74, 6) is -2.63. The lowest BCUT2D eigenvalue weighted by Gasteiger charge is -2.21. The van der Waals surface area contributed by atoms with Crippen LogP contribution in [-0.2, 0) is 25.5 Å². The van der Waals surface area contributed by atoms with E-state index >= 15 is 0 Å². The molecule has 0 spiro atoms. The van der Waals surface area contributed by atoms with E-state index in [2.05, 4.69) is 21.2 Å². The molecule has 0 aromatic heterocycles. The number of carbonyl (C=O) groups excluding carboxylic acids is 2. The summed E-state index contributed by atoms with van der Waals surface area (Å²) in [6.45, 7) is 4.57. The van der Waals surface area contributed by atoms with E-state index in [4.69, 9.17) is 9.47 Å². The average molecular weight is 416 g/mol. The third-order valence-corrected chi connectivity index (χ3v) is 3.76. The molecular weight excluding hydrogens is 394 g/mol. The number of ether oxygens (including phenoxy) is 2. The number of rotatable bonds is 8. The van der Waals surface area contributed by atoms with Crippen molar-refractivity contribution in [3.05, 3.63) is 34.3 Å². The average Bonchev–Trinajstić information content (AvgIpc) is 2.50. The Labute approximate surface area is 154 Å². The van der Waals surface area contributed by atoms with Crippen molar-refractivity contribution in [2.75, 3.05) is 6.54 Å². The zero-order valence-corrected chi connectivity index (χ0v) is 15.9. The summed E-state index contributed by atoms with van der Waals surface area (Å²) >= 11 is 3.33. The van der Waals surface area contributed by atoms with Crippen molar-refractivity contribution in [2.45, 2.75) is 33.5 Å². The molecule has 0 saturated heterocycles. The maximum Gasteiger partial charge on any atom is 0.410 e. The SMILES string of the molecule is CC(=O)O[C@H](OC(=O)NC[C@H](Cc1cccc(Br)c1)C(=O)O)C(C)C. The Morgan fingerprint density at radius 2 is 1.92 bits per heavy atom. The number of aliphatic carboxylic acids is 1. The molecule has 0 fully saturated rings. The van der Waals surface area contributed by atoms with Gasteiger partial charge in [0.2, 0.25) is 0 Å². The minimum absolute atomic E-state index is 0.106. The topological polar surface area (TPSA) is 102 Å². The van der Waals surface area contributed by atoms with Crippen LogP contribution in [0.5, 0.6) is 0 Å². The van der Waals surface area contributed by atoms with E-state index in [1.165, 1.54) is 6.92 Å². The molecule has 1 aromatic rings. The lowest BCUT2D eigenvalue weighted by molar-refractivity contribution is -0.172. The van der Waals surface area contributed by atoms with Crippen LogP contribution in [0.4, 0.5) is 4.79 Å². The molecule has 1 aromatic carbocycles. The van der Waals surface area contributed by atoms with E-state index in [0.717, 1.165) is 10.0 Å². The number of alkyl carbamates (subject to hydrolysis) is 1. The molecular formula is C17H22BrNO6. The highest BCUT2D eigenvalue weighted by Gasteiger charge is 2.23. The molecule has 138 valence electrons. The fraction of sp³-hybridized carbons (Fsp3) is 0.471. The molecule has 8 heteroatoms. The summed E-state index contributed by atoms with van der Waals surface area (Å²) in [5, 5.41) is 11.7. The number of nitrogens with one attached hydrogen (secondary N) is 1. The minimum atomic E-state index is -1.03. The normalized spacial score (nSPS) is 13.0. The maximum atomic E-state index is 11.8. The molecule has 2 N–H and O–H groups in total. The van der Waals surface area contributed by atoms with Crippen molar-refractivity contribution < 1.29 is 29.0 Å². The number of hydrogen-bond acceptors (Lipinski definition) is 5. The van der Waals surface area contributed by atoms with Crippen LogP contribution in [0, 0.1) is 11.8 Å². The Morgan fingerprint density at radius 1 is 1.24 bits per heavy atom. The summed E-state index contributed by atoms with van der Waals surface area (Å²) in [6, 6.07) is 7.29. The fourth-order valence-corrected chi connectivity index (χ4v) is 2.46. The van der Waals surface area contributed by atoms with Crippen molar-refractivity contribution in [2.24, 2.45) is 11.8 Å². The number of halogens is 1. The molecule has 0 unspecified atom stereocenters. The number of carboxylic acid groups (broad SMARTS) is 1. The molecule has 7 nitrogen and oxygen atoms in total. The summed E-state index contributed by atoms with van der Waals surface area (Å²) < 4.78 is 10.8. The first-order chi connectivity index (χ1) is 11.7. The van der Waals surface area contributed by atoms with Crippen LogP contribution < -0.4 is 5.32 Å². The Bertz CT molecular complexity index is 619. The van der Waals surface area contributed by atoms with E-state index in [9.17, 15) is 19.5 Å². The standard InChI is InChI=1S/C17H22BrNO6/c1-10(2)16(24-11(3)20)25-17(23)19-9-13(15(21)22)7-12-5-4-6-14(18)8-12/h4-6,8,10,13,16H,7,9H2,1-3H3,(H,19,23)(H,21,22)/t13-,16+/m0/s1. The number of carbonyl (C=O) groups is 3. The van der Waals surface area contributed by atoms with Crippen LogP contribution in [-0.4, -0.2) is 36.0 Å². The largest absolute Gasteiger partial charge is 0.481 e. The molecule has 1 amide bonds. The van der Waals surface area contributed by atoms with E-state index in [-0.39, 0.29) is 18.9 Å². The lowest BCUT2D eigenvalue weighted by atomic mass is 9.99. The zero-order chi connectivity index (χ0) is 19.0. The first-order valence-corrected chi connectivity index (χ1v) is 8.57. The second kappa shape index (κ2) is 10.0. The quantitative estimate of drug-likeness (QED) is 0.499. The Balaban J connectivity index is 2.60. The third kappa shape index (κ3) is 8.02. The monoisotopic (exact) mass is 415 g/mol. The highest BCUT2D eigenvalue weighted by Crippen LogP contribution is 2.15. The van der Waals surface area contributed by atoms with Crippen molar-refractivity contribution in [3.8, 4) is 0 Å². The van der Waals surface area contributed by atoms with Crippen LogP contribution >= 0.6 is 15.9 Å². The molecule has 0 radical (unpaired) electrons. The number of benzene rings is 1. The Kier molecular flexibility index (Phi) is 8.40. The molecule has 0 saturated carbocycles. The highest BCUT2D eigenvalue weighted by molar-refractivity contribution is 9.10. The van der Waals surface area contributed by atoms with Gasteiger partial charge in [0.25, 0.3) is 6.29 Å². The molecule has 25 heavy (non-hydrogen) atoms. The second-order valence-electron chi connectivity index (χ2n) is 5.88. The van der Waals surface area contributed by atoms with Crippen molar-refractivity contribution >= 4 is 34.0 Å². The molecule has 0 aliphatic heterocycles. The fourth-order valence-electron chi connectivity index (χ4n) is 2.01.